The fraction of sp³-hybridized carbons (Fsp3) is 0.667. The van der Waals surface area contributed by atoms with Gasteiger partial charge >= 0.3 is 5.97 Å². The van der Waals surface area contributed by atoms with Crippen molar-refractivity contribution < 1.29 is 14.7 Å². The van der Waals surface area contributed by atoms with Crippen LogP contribution in [0.2, 0.25) is 0 Å². The number of hydrogen-bond donors (Lipinski definition) is 1. The second-order valence-corrected chi connectivity index (χ2v) is 4.44. The molecule has 90 valence electrons. The molecule has 0 heterocycles. The monoisotopic (exact) mass is 225 g/mol. The Balaban J connectivity index is 2.61. The highest BCUT2D eigenvalue weighted by Gasteiger charge is 2.42. The maximum atomic E-state index is 12.0. The van der Waals surface area contributed by atoms with E-state index in [2.05, 4.69) is 6.58 Å². The van der Waals surface area contributed by atoms with Crippen LogP contribution in [0.5, 0.6) is 0 Å². The van der Waals surface area contributed by atoms with Gasteiger partial charge < -0.3 is 10.0 Å². The van der Waals surface area contributed by atoms with Gasteiger partial charge in [0.25, 0.3) is 0 Å². The van der Waals surface area contributed by atoms with Crippen LogP contribution in [-0.4, -0.2) is 35.0 Å². The zero-order valence-corrected chi connectivity index (χ0v) is 9.90. The summed E-state index contributed by atoms with van der Waals surface area (Å²) in [6, 6.07) is 0. The average molecular weight is 225 g/mol. The van der Waals surface area contributed by atoms with Crippen LogP contribution < -0.4 is 0 Å². The third kappa shape index (κ3) is 2.62. The molecule has 1 saturated carbocycles. The van der Waals surface area contributed by atoms with Gasteiger partial charge in [-0.25, -0.2) is 0 Å². The SMILES string of the molecule is C=C(C)CN(CC)C(=O)C1CCC1C(=O)O. The van der Waals surface area contributed by atoms with E-state index in [-0.39, 0.29) is 11.8 Å². The fourth-order valence-electron chi connectivity index (χ4n) is 2.00. The molecule has 0 spiro atoms. The van der Waals surface area contributed by atoms with Crippen molar-refractivity contribution in [3.63, 3.8) is 0 Å². The van der Waals surface area contributed by atoms with Crippen LogP contribution in [0.1, 0.15) is 26.7 Å². The molecule has 0 bridgehead atoms. The third-order valence-corrected chi connectivity index (χ3v) is 3.06. The molecular formula is C12H19NO3. The van der Waals surface area contributed by atoms with E-state index in [0.29, 0.717) is 25.9 Å². The highest BCUT2D eigenvalue weighted by atomic mass is 16.4. The molecule has 0 radical (unpaired) electrons. The van der Waals surface area contributed by atoms with Gasteiger partial charge in [-0.2, -0.15) is 0 Å². The van der Waals surface area contributed by atoms with E-state index in [1.807, 2.05) is 13.8 Å². The van der Waals surface area contributed by atoms with E-state index >= 15 is 0 Å². The quantitative estimate of drug-likeness (QED) is 0.722. The Morgan fingerprint density at radius 2 is 1.94 bits per heavy atom. The number of aliphatic carboxylic acids is 1. The molecule has 1 rings (SSSR count). The van der Waals surface area contributed by atoms with Crippen LogP contribution >= 0.6 is 0 Å². The molecule has 4 heteroatoms. The van der Waals surface area contributed by atoms with Gasteiger partial charge in [-0.15, -0.1) is 0 Å². The highest BCUT2D eigenvalue weighted by molar-refractivity contribution is 5.86. The minimum absolute atomic E-state index is 0.0378. The van der Waals surface area contributed by atoms with Gasteiger partial charge in [0.05, 0.1) is 11.8 Å². The van der Waals surface area contributed by atoms with Gasteiger partial charge in [-0.1, -0.05) is 12.2 Å². The lowest BCUT2D eigenvalue weighted by Crippen LogP contribution is -2.46. The van der Waals surface area contributed by atoms with Crippen LogP contribution in [0.3, 0.4) is 0 Å². The Morgan fingerprint density at radius 1 is 1.38 bits per heavy atom. The summed E-state index contributed by atoms with van der Waals surface area (Å²) in [6.45, 7) is 8.67. The lowest BCUT2D eigenvalue weighted by atomic mass is 9.73. The van der Waals surface area contributed by atoms with Gasteiger partial charge in [-0.05, 0) is 26.7 Å². The van der Waals surface area contributed by atoms with Crippen molar-refractivity contribution in [2.45, 2.75) is 26.7 Å². The lowest BCUT2D eigenvalue weighted by molar-refractivity contribution is -0.156. The summed E-state index contributed by atoms with van der Waals surface area (Å²) in [5.41, 5.74) is 0.918. The largest absolute Gasteiger partial charge is 0.481 e. The minimum atomic E-state index is -0.851. The number of carboxylic acids is 1. The molecular weight excluding hydrogens is 206 g/mol. The normalized spacial score (nSPS) is 23.4. The summed E-state index contributed by atoms with van der Waals surface area (Å²) in [7, 11) is 0. The van der Waals surface area contributed by atoms with Crippen molar-refractivity contribution in [1.82, 2.24) is 4.90 Å². The zero-order chi connectivity index (χ0) is 12.3. The van der Waals surface area contributed by atoms with Gasteiger partial charge in [0.2, 0.25) is 5.91 Å². The van der Waals surface area contributed by atoms with Crippen molar-refractivity contribution in [3.05, 3.63) is 12.2 Å². The Bertz CT molecular complexity index is 305. The molecule has 4 nitrogen and oxygen atoms in total. The number of carbonyl (C=O) groups is 2. The Kier molecular flexibility index (Phi) is 4.10. The first-order valence-electron chi connectivity index (χ1n) is 5.63. The average Bonchev–Trinajstić information content (AvgIpc) is 2.10. The first-order valence-corrected chi connectivity index (χ1v) is 5.63. The predicted octanol–water partition coefficient (Wildman–Crippen LogP) is 1.52. The third-order valence-electron chi connectivity index (χ3n) is 3.06. The first-order chi connectivity index (χ1) is 7.47. The van der Waals surface area contributed by atoms with E-state index < -0.39 is 11.9 Å². The molecule has 2 unspecified atom stereocenters. The number of amides is 1. The molecule has 0 saturated heterocycles. The smallest absolute Gasteiger partial charge is 0.307 e. The van der Waals surface area contributed by atoms with E-state index in [1.54, 1.807) is 4.90 Å². The van der Waals surface area contributed by atoms with E-state index in [4.69, 9.17) is 5.11 Å². The van der Waals surface area contributed by atoms with E-state index in [1.165, 1.54) is 0 Å². The van der Waals surface area contributed by atoms with Crippen molar-refractivity contribution in [2.75, 3.05) is 13.1 Å². The zero-order valence-electron chi connectivity index (χ0n) is 9.90. The number of rotatable bonds is 5. The first kappa shape index (κ1) is 12.7. The van der Waals surface area contributed by atoms with Crippen LogP contribution in [0.4, 0.5) is 0 Å². The van der Waals surface area contributed by atoms with Crippen molar-refractivity contribution >= 4 is 11.9 Å². The number of carboxylic acid groups (broad SMARTS) is 1. The minimum Gasteiger partial charge on any atom is -0.481 e. The molecule has 1 aliphatic carbocycles. The van der Waals surface area contributed by atoms with Crippen LogP contribution in [0.25, 0.3) is 0 Å². The van der Waals surface area contributed by atoms with Crippen LogP contribution in [-0.2, 0) is 9.59 Å². The Labute approximate surface area is 95.9 Å². The van der Waals surface area contributed by atoms with Gasteiger partial charge in [0, 0.05) is 13.1 Å². The summed E-state index contributed by atoms with van der Waals surface area (Å²) in [5.74, 6) is -1.69. The summed E-state index contributed by atoms with van der Waals surface area (Å²) < 4.78 is 0. The van der Waals surface area contributed by atoms with Crippen molar-refractivity contribution in [2.24, 2.45) is 11.8 Å². The molecule has 0 aromatic rings. The molecule has 0 aromatic heterocycles. The Morgan fingerprint density at radius 3 is 2.25 bits per heavy atom. The number of nitrogens with zero attached hydrogens (tertiary/aromatic N) is 1. The van der Waals surface area contributed by atoms with Crippen molar-refractivity contribution in [3.8, 4) is 0 Å². The van der Waals surface area contributed by atoms with E-state index in [0.717, 1.165) is 5.57 Å². The topological polar surface area (TPSA) is 57.6 Å². The van der Waals surface area contributed by atoms with E-state index in [9.17, 15) is 9.59 Å². The number of hydrogen-bond acceptors (Lipinski definition) is 2. The lowest BCUT2D eigenvalue weighted by Gasteiger charge is -2.36. The second-order valence-electron chi connectivity index (χ2n) is 4.44. The standard InChI is InChI=1S/C12H19NO3/c1-4-13(7-8(2)3)11(14)9-5-6-10(9)12(15)16/h9-10H,2,4-7H2,1,3H3,(H,15,16). The molecule has 1 fully saturated rings. The molecule has 16 heavy (non-hydrogen) atoms. The molecule has 0 aromatic carbocycles. The van der Waals surface area contributed by atoms with Crippen LogP contribution in [0.15, 0.2) is 12.2 Å². The summed E-state index contributed by atoms with van der Waals surface area (Å²) in [4.78, 5) is 24.6. The molecule has 0 aliphatic heterocycles. The predicted molar refractivity (Wildman–Crippen MR) is 60.9 cm³/mol. The molecule has 1 aliphatic rings. The maximum Gasteiger partial charge on any atom is 0.307 e. The second kappa shape index (κ2) is 5.14. The maximum absolute atomic E-state index is 12.0. The fourth-order valence-corrected chi connectivity index (χ4v) is 2.00. The Hall–Kier alpha value is -1.32. The van der Waals surface area contributed by atoms with Crippen molar-refractivity contribution in [1.29, 1.82) is 0 Å². The van der Waals surface area contributed by atoms with Gasteiger partial charge in [0.1, 0.15) is 0 Å². The summed E-state index contributed by atoms with van der Waals surface area (Å²) in [6.07, 6.45) is 1.32. The number of likely N-dealkylation sites (N-methyl/N-ethyl adjacent to an activating group) is 1. The number of carbonyl (C=O) groups excluding carboxylic acids is 1. The molecule has 1 amide bonds. The molecule has 1 N–H and O–H groups in total. The van der Waals surface area contributed by atoms with Crippen LogP contribution in [0, 0.1) is 11.8 Å². The van der Waals surface area contributed by atoms with Gasteiger partial charge in [-0.3, -0.25) is 9.59 Å². The highest BCUT2D eigenvalue weighted by Crippen LogP contribution is 2.35. The molecule has 2 atom stereocenters. The summed E-state index contributed by atoms with van der Waals surface area (Å²) >= 11 is 0. The summed E-state index contributed by atoms with van der Waals surface area (Å²) in [5, 5.41) is 8.90. The van der Waals surface area contributed by atoms with Gasteiger partial charge in [0.15, 0.2) is 0 Å².